The summed E-state index contributed by atoms with van der Waals surface area (Å²) in [5.41, 5.74) is 3.58. The topological polar surface area (TPSA) is 77.7 Å². The Kier molecular flexibility index (Phi) is 10.1. The van der Waals surface area contributed by atoms with Crippen molar-refractivity contribution in [1.29, 1.82) is 0 Å². The van der Waals surface area contributed by atoms with Crippen LogP contribution in [0.15, 0.2) is 83.5 Å². The SMILES string of the molecule is COCCCN(CC(=O)N(CCc1c[nH]c2ccccc12)Cc1ccc(F)cc1)C(=O)Nc1cccc(Br)c1. The Morgan fingerprint density at radius 3 is 2.56 bits per heavy atom. The van der Waals surface area contributed by atoms with Gasteiger partial charge in [-0.2, -0.15) is 0 Å². The van der Waals surface area contributed by atoms with E-state index in [1.807, 2.05) is 36.5 Å². The number of methoxy groups -OCH3 is 1. The lowest BCUT2D eigenvalue weighted by Crippen LogP contribution is -2.45. The van der Waals surface area contributed by atoms with Gasteiger partial charge in [0.15, 0.2) is 0 Å². The van der Waals surface area contributed by atoms with Crippen molar-refractivity contribution in [2.75, 3.05) is 38.7 Å². The Morgan fingerprint density at radius 2 is 1.79 bits per heavy atom. The molecule has 0 saturated carbocycles. The van der Waals surface area contributed by atoms with E-state index in [-0.39, 0.29) is 24.3 Å². The maximum absolute atomic E-state index is 13.7. The Hall–Kier alpha value is -3.69. The van der Waals surface area contributed by atoms with E-state index in [0.717, 1.165) is 26.5 Å². The van der Waals surface area contributed by atoms with Gasteiger partial charge < -0.3 is 24.8 Å². The standard InChI is InChI=1S/C30H32BrFN4O3/c1-39-17-5-15-36(30(38)34-26-7-4-6-24(31)18-26)21-29(37)35(20-22-10-12-25(32)13-11-22)16-14-23-19-33-28-9-3-2-8-27(23)28/h2-4,6-13,18-19,33H,5,14-17,20-21H2,1H3,(H,34,38). The summed E-state index contributed by atoms with van der Waals surface area (Å²) >= 11 is 3.42. The summed E-state index contributed by atoms with van der Waals surface area (Å²) in [5, 5.41) is 4.00. The number of hydrogen-bond acceptors (Lipinski definition) is 3. The number of aromatic amines is 1. The number of fused-ring (bicyclic) bond motifs is 1. The molecule has 0 aliphatic heterocycles. The number of H-pyrrole nitrogens is 1. The molecular weight excluding hydrogens is 563 g/mol. The Balaban J connectivity index is 1.51. The minimum atomic E-state index is -0.365. The molecule has 39 heavy (non-hydrogen) atoms. The molecular formula is C30H32BrFN4O3. The highest BCUT2D eigenvalue weighted by atomic mass is 79.9. The first kappa shape index (κ1) is 28.3. The number of nitrogens with one attached hydrogen (secondary N) is 2. The molecule has 1 aromatic heterocycles. The number of anilines is 1. The lowest BCUT2D eigenvalue weighted by atomic mass is 10.1. The molecule has 0 spiro atoms. The second kappa shape index (κ2) is 13.9. The molecule has 0 fully saturated rings. The second-order valence-corrected chi connectivity index (χ2v) is 10.2. The first-order valence-electron chi connectivity index (χ1n) is 12.8. The molecule has 0 atom stereocenters. The molecule has 0 aliphatic carbocycles. The number of urea groups is 1. The number of nitrogens with zero attached hydrogens (tertiary/aromatic N) is 2. The summed E-state index contributed by atoms with van der Waals surface area (Å²) in [6, 6.07) is 21.1. The Morgan fingerprint density at radius 1 is 1.00 bits per heavy atom. The van der Waals surface area contributed by atoms with Gasteiger partial charge in [0.2, 0.25) is 5.91 Å². The van der Waals surface area contributed by atoms with E-state index in [9.17, 15) is 14.0 Å². The number of halogens is 2. The normalized spacial score (nSPS) is 10.9. The number of hydrogen-bond donors (Lipinski definition) is 2. The largest absolute Gasteiger partial charge is 0.385 e. The number of benzene rings is 3. The number of amides is 3. The summed E-state index contributed by atoms with van der Waals surface area (Å²) in [6.45, 7) is 1.47. The predicted octanol–water partition coefficient (Wildman–Crippen LogP) is 6.21. The molecule has 7 nitrogen and oxygen atoms in total. The van der Waals surface area contributed by atoms with E-state index < -0.39 is 0 Å². The van der Waals surface area contributed by atoms with Crippen LogP contribution < -0.4 is 5.32 Å². The van der Waals surface area contributed by atoms with Crippen LogP contribution in [0, 0.1) is 5.82 Å². The third-order valence-corrected chi connectivity index (χ3v) is 6.92. The van der Waals surface area contributed by atoms with E-state index in [1.54, 1.807) is 36.3 Å². The molecule has 9 heteroatoms. The zero-order valence-electron chi connectivity index (χ0n) is 21.8. The van der Waals surface area contributed by atoms with Gasteiger partial charge in [0.25, 0.3) is 0 Å². The van der Waals surface area contributed by atoms with Crippen LogP contribution in [-0.4, -0.2) is 60.1 Å². The Bertz CT molecular complexity index is 1390. The maximum Gasteiger partial charge on any atom is 0.322 e. The molecule has 2 N–H and O–H groups in total. The molecule has 0 radical (unpaired) electrons. The number of carbonyl (C=O) groups excluding carboxylic acids is 2. The summed E-state index contributed by atoms with van der Waals surface area (Å²) < 4.78 is 19.5. The number of aromatic nitrogens is 1. The molecule has 0 bridgehead atoms. The van der Waals surface area contributed by atoms with Gasteiger partial charge in [-0.1, -0.05) is 52.3 Å². The minimum Gasteiger partial charge on any atom is -0.385 e. The number of rotatable bonds is 12. The third kappa shape index (κ3) is 8.15. The van der Waals surface area contributed by atoms with E-state index in [0.29, 0.717) is 44.8 Å². The maximum atomic E-state index is 13.7. The minimum absolute atomic E-state index is 0.0986. The van der Waals surface area contributed by atoms with Crippen molar-refractivity contribution in [2.45, 2.75) is 19.4 Å². The van der Waals surface area contributed by atoms with Crippen LogP contribution in [0.4, 0.5) is 14.9 Å². The van der Waals surface area contributed by atoms with Crippen molar-refractivity contribution >= 4 is 44.5 Å². The van der Waals surface area contributed by atoms with Crippen LogP contribution in [0.5, 0.6) is 0 Å². The average Bonchev–Trinajstić information content (AvgIpc) is 3.34. The molecule has 3 amide bonds. The number of carbonyl (C=O) groups is 2. The first-order chi connectivity index (χ1) is 18.9. The summed E-state index contributed by atoms with van der Waals surface area (Å²) in [6.07, 6.45) is 3.18. The van der Waals surface area contributed by atoms with Gasteiger partial charge in [0, 0.05) is 60.6 Å². The summed E-state index contributed by atoms with van der Waals surface area (Å²) in [7, 11) is 1.60. The molecule has 0 aliphatic rings. The highest BCUT2D eigenvalue weighted by Gasteiger charge is 2.22. The van der Waals surface area contributed by atoms with Gasteiger partial charge >= 0.3 is 6.03 Å². The highest BCUT2D eigenvalue weighted by Crippen LogP contribution is 2.20. The van der Waals surface area contributed by atoms with Gasteiger partial charge in [0.1, 0.15) is 12.4 Å². The quantitative estimate of drug-likeness (QED) is 0.191. The van der Waals surface area contributed by atoms with Crippen LogP contribution in [0.1, 0.15) is 17.5 Å². The molecule has 3 aromatic carbocycles. The van der Waals surface area contributed by atoms with Crippen molar-refractivity contribution in [3.63, 3.8) is 0 Å². The molecule has 0 unspecified atom stereocenters. The molecule has 1 heterocycles. The van der Waals surface area contributed by atoms with E-state index in [2.05, 4.69) is 32.3 Å². The van der Waals surface area contributed by atoms with Crippen molar-refractivity contribution in [2.24, 2.45) is 0 Å². The van der Waals surface area contributed by atoms with Gasteiger partial charge in [-0.15, -0.1) is 0 Å². The van der Waals surface area contributed by atoms with Gasteiger partial charge in [-0.3, -0.25) is 4.79 Å². The third-order valence-electron chi connectivity index (χ3n) is 6.43. The van der Waals surface area contributed by atoms with Crippen molar-refractivity contribution < 1.29 is 18.7 Å². The predicted molar refractivity (Wildman–Crippen MR) is 155 cm³/mol. The van der Waals surface area contributed by atoms with Crippen molar-refractivity contribution in [3.05, 3.63) is 100 Å². The fraction of sp³-hybridized carbons (Fsp3) is 0.267. The van der Waals surface area contributed by atoms with Crippen LogP contribution in [-0.2, 0) is 22.5 Å². The van der Waals surface area contributed by atoms with E-state index in [4.69, 9.17) is 4.74 Å². The molecule has 204 valence electrons. The van der Waals surface area contributed by atoms with E-state index in [1.165, 1.54) is 17.0 Å². The molecule has 0 saturated heterocycles. The van der Waals surface area contributed by atoms with E-state index >= 15 is 0 Å². The highest BCUT2D eigenvalue weighted by molar-refractivity contribution is 9.10. The second-order valence-electron chi connectivity index (χ2n) is 9.26. The lowest BCUT2D eigenvalue weighted by Gasteiger charge is -2.28. The summed E-state index contributed by atoms with van der Waals surface area (Å²) in [4.78, 5) is 33.4. The number of para-hydroxylation sites is 1. The average molecular weight is 596 g/mol. The van der Waals surface area contributed by atoms with Gasteiger partial charge in [0.05, 0.1) is 0 Å². The Labute approximate surface area is 236 Å². The van der Waals surface area contributed by atoms with Crippen LogP contribution in [0.3, 0.4) is 0 Å². The summed E-state index contributed by atoms with van der Waals surface area (Å²) in [5.74, 6) is -0.523. The molecule has 4 rings (SSSR count). The number of ether oxygens (including phenoxy) is 1. The smallest absolute Gasteiger partial charge is 0.322 e. The fourth-order valence-electron chi connectivity index (χ4n) is 4.38. The first-order valence-corrected chi connectivity index (χ1v) is 13.6. The van der Waals surface area contributed by atoms with Crippen LogP contribution in [0.25, 0.3) is 10.9 Å². The van der Waals surface area contributed by atoms with Gasteiger partial charge in [-0.05, 0) is 60.4 Å². The van der Waals surface area contributed by atoms with Crippen molar-refractivity contribution in [3.8, 4) is 0 Å². The fourth-order valence-corrected chi connectivity index (χ4v) is 4.78. The molecule has 4 aromatic rings. The zero-order valence-corrected chi connectivity index (χ0v) is 23.4. The van der Waals surface area contributed by atoms with Crippen LogP contribution >= 0.6 is 15.9 Å². The van der Waals surface area contributed by atoms with Gasteiger partial charge in [-0.25, -0.2) is 9.18 Å². The zero-order chi connectivity index (χ0) is 27.6. The van der Waals surface area contributed by atoms with Crippen LogP contribution in [0.2, 0.25) is 0 Å². The lowest BCUT2D eigenvalue weighted by molar-refractivity contribution is -0.132. The monoisotopic (exact) mass is 594 g/mol. The van der Waals surface area contributed by atoms with Crippen molar-refractivity contribution in [1.82, 2.24) is 14.8 Å².